The predicted octanol–water partition coefficient (Wildman–Crippen LogP) is 5.84. The number of carbonyl (C=O) groups is 2. The zero-order valence-corrected chi connectivity index (χ0v) is 21.3. The van der Waals surface area contributed by atoms with Gasteiger partial charge >= 0.3 is 11.9 Å². The van der Waals surface area contributed by atoms with Crippen molar-refractivity contribution in [3.63, 3.8) is 0 Å². The Hall–Kier alpha value is -2.70. The standard InChI is InChI=1S/C14H30O2.2C7H6O2/c1-9(2)7-13(11(5)15)14(12(6)16)8-10(3)4;2*8-7(9)6-4-2-1-3-5-6/h9-16H,7-8H2,1-6H3;2*1-5H,(H,8,9). The van der Waals surface area contributed by atoms with Crippen LogP contribution in [0.15, 0.2) is 60.7 Å². The van der Waals surface area contributed by atoms with Gasteiger partial charge in [0.1, 0.15) is 0 Å². The number of hydrogen-bond acceptors (Lipinski definition) is 4. The van der Waals surface area contributed by atoms with Crippen LogP contribution in [0.5, 0.6) is 0 Å². The van der Waals surface area contributed by atoms with E-state index in [9.17, 15) is 19.8 Å². The summed E-state index contributed by atoms with van der Waals surface area (Å²) >= 11 is 0. The lowest BCUT2D eigenvalue weighted by Gasteiger charge is -2.33. The fraction of sp³-hybridized carbons (Fsp3) is 0.500. The summed E-state index contributed by atoms with van der Waals surface area (Å²) in [5.74, 6) is -0.211. The Kier molecular flexibility index (Phi) is 15.5. The lowest BCUT2D eigenvalue weighted by molar-refractivity contribution is 0.00361. The summed E-state index contributed by atoms with van der Waals surface area (Å²) in [5.41, 5.74) is 0.662. The number of aliphatic hydroxyl groups excluding tert-OH is 2. The molecular weight excluding hydrogens is 432 g/mol. The molecule has 4 N–H and O–H groups in total. The molecule has 0 aliphatic rings. The van der Waals surface area contributed by atoms with E-state index in [4.69, 9.17) is 10.2 Å². The van der Waals surface area contributed by atoms with Crippen molar-refractivity contribution in [1.29, 1.82) is 0 Å². The Morgan fingerprint density at radius 3 is 1.00 bits per heavy atom. The maximum Gasteiger partial charge on any atom is 0.335 e. The number of aliphatic hydroxyl groups is 2. The Labute approximate surface area is 204 Å². The van der Waals surface area contributed by atoms with Gasteiger partial charge in [0.25, 0.3) is 0 Å². The molecule has 6 nitrogen and oxygen atoms in total. The lowest BCUT2D eigenvalue weighted by atomic mass is 9.75. The average molecular weight is 475 g/mol. The fourth-order valence-corrected chi connectivity index (χ4v) is 3.71. The molecule has 2 aromatic carbocycles. The van der Waals surface area contributed by atoms with Gasteiger partial charge in [-0.15, -0.1) is 0 Å². The van der Waals surface area contributed by atoms with Crippen molar-refractivity contribution in [1.82, 2.24) is 0 Å². The van der Waals surface area contributed by atoms with Crippen LogP contribution in [0.3, 0.4) is 0 Å². The molecule has 0 aromatic heterocycles. The van der Waals surface area contributed by atoms with Gasteiger partial charge in [-0.3, -0.25) is 0 Å². The Balaban J connectivity index is 0.000000513. The van der Waals surface area contributed by atoms with Crippen LogP contribution in [0.1, 0.15) is 75.1 Å². The van der Waals surface area contributed by atoms with Gasteiger partial charge in [-0.1, -0.05) is 64.1 Å². The Bertz CT molecular complexity index is 731. The highest BCUT2D eigenvalue weighted by molar-refractivity contribution is 5.87. The second-order valence-electron chi connectivity index (χ2n) is 9.41. The number of carboxylic acid groups (broad SMARTS) is 2. The van der Waals surface area contributed by atoms with E-state index in [1.165, 1.54) is 0 Å². The molecule has 0 bridgehead atoms. The van der Waals surface area contributed by atoms with Crippen LogP contribution in [0, 0.1) is 23.7 Å². The first kappa shape index (κ1) is 31.3. The highest BCUT2D eigenvalue weighted by atomic mass is 16.4. The van der Waals surface area contributed by atoms with Crippen molar-refractivity contribution in [2.24, 2.45) is 23.7 Å². The molecule has 4 atom stereocenters. The van der Waals surface area contributed by atoms with Gasteiger partial charge < -0.3 is 20.4 Å². The van der Waals surface area contributed by atoms with Crippen LogP contribution < -0.4 is 0 Å². The highest BCUT2D eigenvalue weighted by Gasteiger charge is 2.30. The van der Waals surface area contributed by atoms with Crippen molar-refractivity contribution in [2.75, 3.05) is 0 Å². The predicted molar refractivity (Wildman–Crippen MR) is 136 cm³/mol. The summed E-state index contributed by atoms with van der Waals surface area (Å²) in [5, 5.41) is 36.5. The first-order valence-electron chi connectivity index (χ1n) is 11.8. The third-order valence-electron chi connectivity index (χ3n) is 5.32. The quantitative estimate of drug-likeness (QED) is 0.363. The van der Waals surface area contributed by atoms with Crippen molar-refractivity contribution in [3.05, 3.63) is 71.8 Å². The third kappa shape index (κ3) is 13.8. The second-order valence-corrected chi connectivity index (χ2v) is 9.41. The zero-order chi connectivity index (χ0) is 26.3. The smallest absolute Gasteiger partial charge is 0.335 e. The molecule has 190 valence electrons. The van der Waals surface area contributed by atoms with Crippen LogP contribution >= 0.6 is 0 Å². The number of hydrogen-bond donors (Lipinski definition) is 4. The van der Waals surface area contributed by atoms with E-state index < -0.39 is 11.9 Å². The van der Waals surface area contributed by atoms with Crippen LogP contribution in [0.25, 0.3) is 0 Å². The van der Waals surface area contributed by atoms with Crippen LogP contribution in [0.2, 0.25) is 0 Å². The number of rotatable bonds is 9. The molecule has 0 aliphatic heterocycles. The van der Waals surface area contributed by atoms with E-state index in [-0.39, 0.29) is 24.0 Å². The minimum absolute atomic E-state index is 0.211. The summed E-state index contributed by atoms with van der Waals surface area (Å²) in [6, 6.07) is 16.6. The van der Waals surface area contributed by atoms with Crippen molar-refractivity contribution >= 4 is 11.9 Å². The van der Waals surface area contributed by atoms with Crippen molar-refractivity contribution < 1.29 is 30.0 Å². The topological polar surface area (TPSA) is 115 Å². The first-order valence-corrected chi connectivity index (χ1v) is 11.8. The summed E-state index contributed by atoms with van der Waals surface area (Å²) < 4.78 is 0. The second kappa shape index (κ2) is 16.8. The Morgan fingerprint density at radius 1 is 0.588 bits per heavy atom. The summed E-state index contributed by atoms with van der Waals surface area (Å²) in [6.45, 7) is 12.4. The highest BCUT2D eigenvalue weighted by Crippen LogP contribution is 2.31. The minimum atomic E-state index is -0.879. The molecule has 0 fully saturated rings. The van der Waals surface area contributed by atoms with E-state index in [0.29, 0.717) is 23.0 Å². The number of benzene rings is 2. The van der Waals surface area contributed by atoms with Crippen molar-refractivity contribution in [2.45, 2.75) is 66.6 Å². The molecule has 0 heterocycles. The average Bonchev–Trinajstić information content (AvgIpc) is 2.77. The van der Waals surface area contributed by atoms with Crippen LogP contribution in [-0.4, -0.2) is 44.6 Å². The van der Waals surface area contributed by atoms with E-state index in [2.05, 4.69) is 27.7 Å². The number of carboxylic acids is 2. The van der Waals surface area contributed by atoms with E-state index in [1.54, 1.807) is 60.7 Å². The van der Waals surface area contributed by atoms with Gasteiger partial charge in [0.2, 0.25) is 0 Å². The fourth-order valence-electron chi connectivity index (χ4n) is 3.71. The molecular formula is C28H42O6. The van der Waals surface area contributed by atoms with Gasteiger partial charge in [0, 0.05) is 0 Å². The molecule has 0 aliphatic carbocycles. The Morgan fingerprint density at radius 2 is 0.853 bits per heavy atom. The molecule has 2 aromatic rings. The monoisotopic (exact) mass is 474 g/mol. The van der Waals surface area contributed by atoms with Crippen LogP contribution in [-0.2, 0) is 0 Å². The molecule has 6 heteroatoms. The first-order chi connectivity index (χ1) is 15.9. The maximum atomic E-state index is 10.2. The number of aromatic carboxylic acids is 2. The molecule has 0 saturated carbocycles. The molecule has 0 spiro atoms. The van der Waals surface area contributed by atoms with E-state index in [0.717, 1.165) is 12.8 Å². The van der Waals surface area contributed by atoms with Gasteiger partial charge in [-0.05, 0) is 74.6 Å². The van der Waals surface area contributed by atoms with Gasteiger partial charge in [0.05, 0.1) is 23.3 Å². The van der Waals surface area contributed by atoms with Gasteiger partial charge in [0.15, 0.2) is 0 Å². The van der Waals surface area contributed by atoms with Gasteiger partial charge in [-0.2, -0.15) is 0 Å². The summed E-state index contributed by atoms with van der Waals surface area (Å²) in [7, 11) is 0. The third-order valence-corrected chi connectivity index (χ3v) is 5.32. The molecule has 34 heavy (non-hydrogen) atoms. The SMILES string of the molecule is CC(C)CC(C(C)O)C(CC(C)C)C(C)O.O=C(O)c1ccccc1.O=C(O)c1ccccc1. The molecule has 0 saturated heterocycles. The normalized spacial score (nSPS) is 14.1. The zero-order valence-electron chi connectivity index (χ0n) is 21.3. The van der Waals surface area contributed by atoms with E-state index in [1.807, 2.05) is 13.8 Å². The van der Waals surface area contributed by atoms with Gasteiger partial charge in [-0.25, -0.2) is 9.59 Å². The molecule has 2 rings (SSSR count). The largest absolute Gasteiger partial charge is 0.478 e. The minimum Gasteiger partial charge on any atom is -0.478 e. The van der Waals surface area contributed by atoms with Crippen LogP contribution in [0.4, 0.5) is 0 Å². The molecule has 0 radical (unpaired) electrons. The maximum absolute atomic E-state index is 10.2. The summed E-state index contributed by atoms with van der Waals surface area (Å²) in [4.78, 5) is 20.4. The lowest BCUT2D eigenvalue weighted by Crippen LogP contribution is -2.34. The summed E-state index contributed by atoms with van der Waals surface area (Å²) in [6.07, 6.45) is 1.31. The van der Waals surface area contributed by atoms with E-state index >= 15 is 0 Å². The van der Waals surface area contributed by atoms with Crippen molar-refractivity contribution in [3.8, 4) is 0 Å². The molecule has 4 unspecified atom stereocenters. The molecule has 0 amide bonds.